The number of hydrogen-bond acceptors (Lipinski definition) is 3. The normalized spacial score (nSPS) is 9.86. The van der Waals surface area contributed by atoms with Gasteiger partial charge in [0.05, 0.1) is 16.6 Å². The summed E-state index contributed by atoms with van der Waals surface area (Å²) in [5.74, 6) is 0.894. The van der Waals surface area contributed by atoms with Gasteiger partial charge in [0.25, 0.3) is 5.69 Å². The molecule has 0 aliphatic rings. The van der Waals surface area contributed by atoms with Crippen molar-refractivity contribution in [2.45, 2.75) is 13.8 Å². The minimum Gasteiger partial charge on any atom is -0.258 e. The smallest absolute Gasteiger partial charge is 0.258 e. The molecular formula is C10H9N2O2. The summed E-state index contributed by atoms with van der Waals surface area (Å²) in [6, 6.07) is 6.24. The minimum absolute atomic E-state index is 0.0141. The van der Waals surface area contributed by atoms with E-state index in [-0.39, 0.29) is 5.69 Å². The van der Waals surface area contributed by atoms with Crippen molar-refractivity contribution < 1.29 is 4.92 Å². The lowest BCUT2D eigenvalue weighted by atomic mass is 9.97. The van der Waals surface area contributed by atoms with Crippen molar-refractivity contribution in [3.05, 3.63) is 45.4 Å². The van der Waals surface area contributed by atoms with Crippen molar-refractivity contribution in [3.63, 3.8) is 0 Å². The molecule has 0 aliphatic carbocycles. The highest BCUT2D eigenvalue weighted by molar-refractivity contribution is 5.50. The van der Waals surface area contributed by atoms with Gasteiger partial charge in [-0.1, -0.05) is 13.8 Å². The summed E-state index contributed by atoms with van der Waals surface area (Å²) in [6.07, 6.45) is 0. The lowest BCUT2D eigenvalue weighted by Gasteiger charge is -2.05. The maximum Gasteiger partial charge on any atom is 0.269 e. The second-order valence-corrected chi connectivity index (χ2v) is 3.10. The van der Waals surface area contributed by atoms with E-state index in [2.05, 4.69) is 0 Å². The van der Waals surface area contributed by atoms with Crippen LogP contribution in [0.4, 0.5) is 5.69 Å². The molecule has 1 aromatic carbocycles. The third-order valence-corrected chi connectivity index (χ3v) is 1.87. The number of hydrogen-bond donors (Lipinski definition) is 0. The number of nitro benzene ring substituents is 1. The zero-order valence-electron chi connectivity index (χ0n) is 7.94. The molecule has 0 bridgehead atoms. The molecule has 0 saturated heterocycles. The summed E-state index contributed by atoms with van der Waals surface area (Å²) >= 11 is 0. The predicted octanol–water partition coefficient (Wildman–Crippen LogP) is 2.43. The monoisotopic (exact) mass is 189 g/mol. The molecule has 0 aromatic heterocycles. The number of rotatable bonds is 2. The Balaban J connectivity index is 3.29. The molecule has 0 atom stereocenters. The molecule has 71 valence electrons. The first kappa shape index (κ1) is 10.2. The number of nitriles is 1. The second-order valence-electron chi connectivity index (χ2n) is 3.10. The van der Waals surface area contributed by atoms with Crippen LogP contribution in [-0.2, 0) is 0 Å². The highest BCUT2D eigenvalue weighted by Gasteiger charge is 2.12. The Morgan fingerprint density at radius 1 is 1.50 bits per heavy atom. The van der Waals surface area contributed by atoms with Crippen molar-refractivity contribution in [1.29, 1.82) is 5.26 Å². The zero-order chi connectivity index (χ0) is 10.7. The topological polar surface area (TPSA) is 66.9 Å². The third kappa shape index (κ3) is 1.88. The van der Waals surface area contributed by atoms with Gasteiger partial charge in [-0.15, -0.1) is 0 Å². The van der Waals surface area contributed by atoms with Crippen LogP contribution < -0.4 is 0 Å². The van der Waals surface area contributed by atoms with Crippen LogP contribution in [0.25, 0.3) is 0 Å². The second kappa shape index (κ2) is 3.88. The summed E-state index contributed by atoms with van der Waals surface area (Å²) in [6.45, 7) is 3.64. The van der Waals surface area contributed by atoms with Gasteiger partial charge in [-0.2, -0.15) is 5.26 Å². The van der Waals surface area contributed by atoms with E-state index < -0.39 is 4.92 Å². The van der Waals surface area contributed by atoms with Crippen molar-refractivity contribution in [1.82, 2.24) is 0 Å². The first-order valence-corrected chi connectivity index (χ1v) is 4.05. The fraction of sp³-hybridized carbons (Fsp3) is 0.200. The van der Waals surface area contributed by atoms with Gasteiger partial charge < -0.3 is 0 Å². The van der Waals surface area contributed by atoms with Crippen molar-refractivity contribution in [2.75, 3.05) is 0 Å². The molecule has 1 rings (SSSR count). The zero-order valence-corrected chi connectivity index (χ0v) is 7.94. The predicted molar refractivity (Wildman–Crippen MR) is 51.5 cm³/mol. The Morgan fingerprint density at radius 3 is 2.57 bits per heavy atom. The Kier molecular flexibility index (Phi) is 2.82. The van der Waals surface area contributed by atoms with Gasteiger partial charge in [0.2, 0.25) is 0 Å². The van der Waals surface area contributed by atoms with Gasteiger partial charge in [-0.3, -0.25) is 10.1 Å². The lowest BCUT2D eigenvalue weighted by molar-refractivity contribution is -0.384. The minimum atomic E-state index is -0.465. The quantitative estimate of drug-likeness (QED) is 0.530. The fourth-order valence-electron chi connectivity index (χ4n) is 1.16. The molecule has 4 nitrogen and oxygen atoms in total. The number of benzene rings is 1. The van der Waals surface area contributed by atoms with E-state index >= 15 is 0 Å². The Bertz CT molecular complexity index is 405. The summed E-state index contributed by atoms with van der Waals surface area (Å²) in [5.41, 5.74) is 1.12. The van der Waals surface area contributed by atoms with Crippen LogP contribution >= 0.6 is 0 Å². The molecule has 14 heavy (non-hydrogen) atoms. The van der Waals surface area contributed by atoms with Crippen LogP contribution in [0.5, 0.6) is 0 Å². The number of non-ortho nitro benzene ring substituents is 1. The third-order valence-electron chi connectivity index (χ3n) is 1.87. The van der Waals surface area contributed by atoms with Gasteiger partial charge in [-0.05, 0) is 11.6 Å². The molecule has 0 spiro atoms. The first-order chi connectivity index (χ1) is 6.56. The van der Waals surface area contributed by atoms with Crippen LogP contribution in [0.2, 0.25) is 0 Å². The molecule has 4 heteroatoms. The van der Waals surface area contributed by atoms with Crippen LogP contribution in [0.1, 0.15) is 25.0 Å². The van der Waals surface area contributed by atoms with Crippen LogP contribution in [0.15, 0.2) is 18.2 Å². The standard InChI is InChI=1S/C10H9N2O2/c1-7(2)10-5-9(12(13)14)4-3-8(10)6-11/h3-5H,1-2H3. The number of nitro groups is 1. The highest BCUT2D eigenvalue weighted by atomic mass is 16.6. The number of nitrogens with zero attached hydrogens (tertiary/aromatic N) is 2. The van der Waals surface area contributed by atoms with Crippen molar-refractivity contribution >= 4 is 5.69 Å². The molecule has 0 fully saturated rings. The fourth-order valence-corrected chi connectivity index (χ4v) is 1.16. The summed E-state index contributed by atoms with van der Waals surface area (Å²) < 4.78 is 0. The largest absolute Gasteiger partial charge is 0.269 e. The molecule has 1 radical (unpaired) electrons. The van der Waals surface area contributed by atoms with Gasteiger partial charge in [0.1, 0.15) is 0 Å². The molecule has 0 saturated carbocycles. The Labute approximate surface area is 81.9 Å². The van der Waals surface area contributed by atoms with Crippen LogP contribution in [0, 0.1) is 27.4 Å². The van der Waals surface area contributed by atoms with Crippen molar-refractivity contribution in [2.24, 2.45) is 0 Å². The Hall–Kier alpha value is -1.89. The van der Waals surface area contributed by atoms with Gasteiger partial charge in [0.15, 0.2) is 0 Å². The van der Waals surface area contributed by atoms with Crippen LogP contribution in [-0.4, -0.2) is 4.92 Å². The van der Waals surface area contributed by atoms with E-state index in [1.54, 1.807) is 0 Å². The SMILES string of the molecule is C[C](C)c1cc([N+](=O)[O-])ccc1C#N. The van der Waals surface area contributed by atoms with Crippen molar-refractivity contribution in [3.8, 4) is 6.07 Å². The molecule has 0 aliphatic heterocycles. The van der Waals surface area contributed by atoms with Gasteiger partial charge >= 0.3 is 0 Å². The molecule has 0 N–H and O–H groups in total. The van der Waals surface area contributed by atoms with E-state index in [1.807, 2.05) is 19.9 Å². The van der Waals surface area contributed by atoms with E-state index in [0.29, 0.717) is 11.1 Å². The average molecular weight is 189 g/mol. The summed E-state index contributed by atoms with van der Waals surface area (Å²) in [4.78, 5) is 10.0. The summed E-state index contributed by atoms with van der Waals surface area (Å²) in [7, 11) is 0. The maximum absolute atomic E-state index is 10.5. The Morgan fingerprint density at radius 2 is 2.14 bits per heavy atom. The van der Waals surface area contributed by atoms with Gasteiger partial charge in [-0.25, -0.2) is 0 Å². The first-order valence-electron chi connectivity index (χ1n) is 4.05. The van der Waals surface area contributed by atoms with Gasteiger partial charge in [0, 0.05) is 18.1 Å². The highest BCUT2D eigenvalue weighted by Crippen LogP contribution is 2.23. The van der Waals surface area contributed by atoms with E-state index in [0.717, 1.165) is 5.92 Å². The molecule has 1 aromatic rings. The van der Waals surface area contributed by atoms with E-state index in [1.165, 1.54) is 18.2 Å². The average Bonchev–Trinajstić information content (AvgIpc) is 2.16. The van der Waals surface area contributed by atoms with Crippen LogP contribution in [0.3, 0.4) is 0 Å². The van der Waals surface area contributed by atoms with E-state index in [9.17, 15) is 10.1 Å². The summed E-state index contributed by atoms with van der Waals surface area (Å²) in [5, 5.41) is 19.3. The molecular weight excluding hydrogens is 180 g/mol. The molecule has 0 amide bonds. The molecule has 0 heterocycles. The lowest BCUT2D eigenvalue weighted by Crippen LogP contribution is -1.96. The maximum atomic E-state index is 10.5. The van der Waals surface area contributed by atoms with E-state index in [4.69, 9.17) is 5.26 Å². The molecule has 0 unspecified atom stereocenters.